The molecule has 0 aliphatic carbocycles. The van der Waals surface area contributed by atoms with E-state index in [1.165, 1.54) is 5.56 Å². The predicted molar refractivity (Wildman–Crippen MR) is 111 cm³/mol. The van der Waals surface area contributed by atoms with E-state index in [-0.39, 0.29) is 23.8 Å². The number of rotatable bonds is 10. The molecule has 2 rings (SSSR count). The van der Waals surface area contributed by atoms with Crippen molar-refractivity contribution in [2.24, 2.45) is 5.92 Å². The fraction of sp³-hybridized carbons (Fsp3) is 0.636. The zero-order chi connectivity index (χ0) is 20.4. The highest BCUT2D eigenvalue weighted by atomic mass is 16.5. The zero-order valence-corrected chi connectivity index (χ0v) is 17.5. The van der Waals surface area contributed by atoms with Crippen LogP contribution in [0.15, 0.2) is 24.3 Å². The summed E-state index contributed by atoms with van der Waals surface area (Å²) in [5, 5.41) is 6.03. The second-order valence-electron chi connectivity index (χ2n) is 7.53. The van der Waals surface area contributed by atoms with Gasteiger partial charge >= 0.3 is 0 Å². The Morgan fingerprint density at radius 3 is 2.50 bits per heavy atom. The van der Waals surface area contributed by atoms with Gasteiger partial charge in [-0.2, -0.15) is 0 Å². The fourth-order valence-corrected chi connectivity index (χ4v) is 3.43. The van der Waals surface area contributed by atoms with Crippen LogP contribution in [0.25, 0.3) is 0 Å². The normalized spacial score (nSPS) is 16.5. The van der Waals surface area contributed by atoms with E-state index < -0.39 is 0 Å². The molecular weight excluding hydrogens is 354 g/mol. The van der Waals surface area contributed by atoms with Gasteiger partial charge < -0.3 is 15.4 Å². The topological polar surface area (TPSA) is 70.7 Å². The Morgan fingerprint density at radius 1 is 1.18 bits per heavy atom. The molecule has 0 bridgehead atoms. The molecule has 2 N–H and O–H groups in total. The first kappa shape index (κ1) is 22.4. The number of aryl methyl sites for hydroxylation is 1. The van der Waals surface area contributed by atoms with Gasteiger partial charge in [-0.15, -0.1) is 0 Å². The largest absolute Gasteiger partial charge is 0.382 e. The van der Waals surface area contributed by atoms with Crippen molar-refractivity contribution >= 4 is 11.8 Å². The van der Waals surface area contributed by atoms with Gasteiger partial charge in [-0.3, -0.25) is 14.5 Å². The Bertz CT molecular complexity index is 610. The van der Waals surface area contributed by atoms with Crippen LogP contribution in [-0.2, 0) is 20.9 Å². The minimum atomic E-state index is -0.180. The Morgan fingerprint density at radius 2 is 1.86 bits per heavy atom. The molecule has 0 radical (unpaired) electrons. The lowest BCUT2D eigenvalue weighted by atomic mass is 9.95. The number of nitrogens with one attached hydrogen (secondary N) is 2. The predicted octanol–water partition coefficient (Wildman–Crippen LogP) is 2.25. The van der Waals surface area contributed by atoms with Gasteiger partial charge in [-0.05, 0) is 58.7 Å². The van der Waals surface area contributed by atoms with Crippen LogP contribution in [0, 0.1) is 12.8 Å². The summed E-state index contributed by atoms with van der Waals surface area (Å²) in [6.45, 7) is 10.1. The van der Waals surface area contributed by atoms with E-state index in [1.807, 2.05) is 26.0 Å². The average Bonchev–Trinajstić information content (AvgIpc) is 2.72. The molecule has 0 aromatic heterocycles. The third kappa shape index (κ3) is 7.24. The van der Waals surface area contributed by atoms with E-state index in [0.29, 0.717) is 26.3 Å². The molecule has 1 saturated heterocycles. The lowest BCUT2D eigenvalue weighted by Gasteiger charge is -2.34. The second kappa shape index (κ2) is 11.8. The number of carbonyl (C=O) groups excluding carboxylic acids is 2. The van der Waals surface area contributed by atoms with Crippen molar-refractivity contribution in [2.45, 2.75) is 52.6 Å². The third-order valence-corrected chi connectivity index (χ3v) is 5.38. The van der Waals surface area contributed by atoms with Crippen LogP contribution in [0.3, 0.4) is 0 Å². The maximum Gasteiger partial charge on any atom is 0.237 e. The average molecular weight is 390 g/mol. The standard InChI is InChI=1S/C22H35N3O3/c1-4-28-15-5-12-23-22(27)20-10-13-25(14-11-20)18(3)21(26)24-16-19-8-6-17(2)7-9-19/h6-9,18,20H,4-5,10-16H2,1-3H3,(H,23,27)(H,24,26). The highest BCUT2D eigenvalue weighted by molar-refractivity contribution is 5.81. The lowest BCUT2D eigenvalue weighted by Crippen LogP contribution is -2.49. The lowest BCUT2D eigenvalue weighted by molar-refractivity contribution is -0.128. The number of amides is 2. The van der Waals surface area contributed by atoms with E-state index in [0.717, 1.165) is 37.9 Å². The van der Waals surface area contributed by atoms with Gasteiger partial charge in [0.15, 0.2) is 0 Å². The summed E-state index contributed by atoms with van der Waals surface area (Å²) in [5.41, 5.74) is 2.32. The van der Waals surface area contributed by atoms with Crippen molar-refractivity contribution in [1.29, 1.82) is 0 Å². The Balaban J connectivity index is 1.67. The van der Waals surface area contributed by atoms with E-state index in [4.69, 9.17) is 4.74 Å². The molecule has 1 heterocycles. The SMILES string of the molecule is CCOCCCNC(=O)C1CCN(C(C)C(=O)NCc2ccc(C)cc2)CC1. The number of piperidine rings is 1. The number of ether oxygens (including phenoxy) is 1. The first-order valence-electron chi connectivity index (χ1n) is 10.4. The van der Waals surface area contributed by atoms with Crippen LogP contribution < -0.4 is 10.6 Å². The Hall–Kier alpha value is -1.92. The summed E-state index contributed by atoms with van der Waals surface area (Å²) in [7, 11) is 0. The smallest absolute Gasteiger partial charge is 0.237 e. The molecule has 0 spiro atoms. The van der Waals surface area contributed by atoms with Gasteiger partial charge in [0.1, 0.15) is 0 Å². The van der Waals surface area contributed by atoms with E-state index in [2.05, 4.69) is 34.6 Å². The van der Waals surface area contributed by atoms with Crippen molar-refractivity contribution in [2.75, 3.05) is 32.8 Å². The maximum atomic E-state index is 12.5. The third-order valence-electron chi connectivity index (χ3n) is 5.38. The van der Waals surface area contributed by atoms with Crippen LogP contribution in [0.5, 0.6) is 0 Å². The highest BCUT2D eigenvalue weighted by Gasteiger charge is 2.29. The van der Waals surface area contributed by atoms with Crippen molar-refractivity contribution in [1.82, 2.24) is 15.5 Å². The van der Waals surface area contributed by atoms with Gasteiger partial charge in [0.25, 0.3) is 0 Å². The first-order chi connectivity index (χ1) is 13.5. The van der Waals surface area contributed by atoms with Crippen LogP contribution in [0.4, 0.5) is 0 Å². The van der Waals surface area contributed by atoms with Crippen LogP contribution >= 0.6 is 0 Å². The number of nitrogens with zero attached hydrogens (tertiary/aromatic N) is 1. The molecule has 1 aliphatic heterocycles. The molecule has 1 fully saturated rings. The van der Waals surface area contributed by atoms with Gasteiger partial charge in [0.05, 0.1) is 6.04 Å². The summed E-state index contributed by atoms with van der Waals surface area (Å²) in [6, 6.07) is 8.01. The van der Waals surface area contributed by atoms with Crippen LogP contribution in [-0.4, -0.2) is 55.6 Å². The molecule has 6 nitrogen and oxygen atoms in total. The summed E-state index contributed by atoms with van der Waals surface area (Å²) in [4.78, 5) is 26.9. The molecule has 6 heteroatoms. The number of hydrogen-bond acceptors (Lipinski definition) is 4. The number of likely N-dealkylation sites (tertiary alicyclic amines) is 1. The molecule has 28 heavy (non-hydrogen) atoms. The first-order valence-corrected chi connectivity index (χ1v) is 10.4. The molecule has 1 aromatic rings. The minimum absolute atomic E-state index is 0.0411. The van der Waals surface area contributed by atoms with Gasteiger partial charge in [-0.25, -0.2) is 0 Å². The summed E-state index contributed by atoms with van der Waals surface area (Å²) in [6.07, 6.45) is 2.44. The van der Waals surface area contributed by atoms with Crippen LogP contribution in [0.1, 0.15) is 44.2 Å². The summed E-state index contributed by atoms with van der Waals surface area (Å²) in [5.74, 6) is 0.221. The quantitative estimate of drug-likeness (QED) is 0.602. The van der Waals surface area contributed by atoms with E-state index in [9.17, 15) is 9.59 Å². The number of carbonyl (C=O) groups is 2. The monoisotopic (exact) mass is 389 g/mol. The van der Waals surface area contributed by atoms with E-state index in [1.54, 1.807) is 0 Å². The molecule has 2 amide bonds. The molecule has 1 atom stereocenters. The summed E-state index contributed by atoms with van der Waals surface area (Å²) >= 11 is 0. The molecule has 1 aromatic carbocycles. The summed E-state index contributed by atoms with van der Waals surface area (Å²) < 4.78 is 5.28. The van der Waals surface area contributed by atoms with Crippen molar-refractivity contribution in [3.05, 3.63) is 35.4 Å². The molecular formula is C22H35N3O3. The van der Waals surface area contributed by atoms with Crippen LogP contribution in [0.2, 0.25) is 0 Å². The Labute approximate surface area is 169 Å². The number of hydrogen-bond donors (Lipinski definition) is 2. The van der Waals surface area contributed by atoms with Gasteiger partial charge in [-0.1, -0.05) is 29.8 Å². The molecule has 0 saturated carbocycles. The fourth-order valence-electron chi connectivity index (χ4n) is 3.43. The molecule has 1 unspecified atom stereocenters. The molecule has 1 aliphatic rings. The van der Waals surface area contributed by atoms with Crippen molar-refractivity contribution in [3.8, 4) is 0 Å². The zero-order valence-electron chi connectivity index (χ0n) is 17.5. The second-order valence-corrected chi connectivity index (χ2v) is 7.53. The van der Waals surface area contributed by atoms with Gasteiger partial charge in [0.2, 0.25) is 11.8 Å². The van der Waals surface area contributed by atoms with Crippen molar-refractivity contribution < 1.29 is 14.3 Å². The maximum absolute atomic E-state index is 12.5. The Kier molecular flexibility index (Phi) is 9.44. The minimum Gasteiger partial charge on any atom is -0.382 e. The number of benzene rings is 1. The van der Waals surface area contributed by atoms with Crippen molar-refractivity contribution in [3.63, 3.8) is 0 Å². The molecule has 156 valence electrons. The van der Waals surface area contributed by atoms with E-state index >= 15 is 0 Å². The van der Waals surface area contributed by atoms with Gasteiger partial charge in [0, 0.05) is 32.2 Å². The highest BCUT2D eigenvalue weighted by Crippen LogP contribution is 2.19.